The summed E-state index contributed by atoms with van der Waals surface area (Å²) >= 11 is 0. The van der Waals surface area contributed by atoms with Gasteiger partial charge in [-0.2, -0.15) is 0 Å². The van der Waals surface area contributed by atoms with Crippen LogP contribution in [0.1, 0.15) is 133 Å². The van der Waals surface area contributed by atoms with Crippen LogP contribution in [-0.4, -0.2) is 78.0 Å². The fourth-order valence-electron chi connectivity index (χ4n) is 14.2. The number of rotatable bonds is 9. The van der Waals surface area contributed by atoms with E-state index in [9.17, 15) is 29.1 Å². The zero-order chi connectivity index (χ0) is 40.4. The van der Waals surface area contributed by atoms with Crippen molar-refractivity contribution in [2.75, 3.05) is 6.61 Å². The van der Waals surface area contributed by atoms with Gasteiger partial charge >= 0.3 is 23.9 Å². The van der Waals surface area contributed by atoms with Crippen molar-refractivity contribution in [1.82, 2.24) is 0 Å². The average molecular weight is 771 g/mol. The molecule has 6 aliphatic rings. The minimum atomic E-state index is -1.32. The van der Waals surface area contributed by atoms with Crippen molar-refractivity contribution >= 4 is 29.7 Å². The number of ether oxygens (including phenoxy) is 5. The number of aliphatic hydroxyl groups is 1. The second-order valence-electron chi connectivity index (χ2n) is 19.5. The molecule has 0 amide bonds. The van der Waals surface area contributed by atoms with Crippen molar-refractivity contribution in [1.29, 1.82) is 0 Å². The zero-order valence-corrected chi connectivity index (χ0v) is 34.7. The van der Waals surface area contributed by atoms with Gasteiger partial charge in [0.1, 0.15) is 24.6 Å². The summed E-state index contributed by atoms with van der Waals surface area (Å²) in [5.41, 5.74) is 0.905. The first-order valence-electron chi connectivity index (χ1n) is 20.8. The summed E-state index contributed by atoms with van der Waals surface area (Å²) in [5, 5.41) is 12.4. The number of Topliss-reactive ketones (excluding diaryl/α,β-unsaturated/α-hetero) is 1. The third-order valence-electron chi connectivity index (χ3n) is 16.2. The molecule has 0 bridgehead atoms. The van der Waals surface area contributed by atoms with Crippen molar-refractivity contribution in [3.05, 3.63) is 12.2 Å². The van der Waals surface area contributed by atoms with E-state index in [0.29, 0.717) is 48.2 Å². The molecule has 1 heterocycles. The Balaban J connectivity index is 1.32. The monoisotopic (exact) mass is 770 g/mol. The van der Waals surface area contributed by atoms with Crippen LogP contribution in [0.25, 0.3) is 0 Å². The molecular weight excluding hydrogens is 704 g/mol. The van der Waals surface area contributed by atoms with Gasteiger partial charge in [0.2, 0.25) is 0 Å². The predicted molar refractivity (Wildman–Crippen MR) is 202 cm³/mol. The van der Waals surface area contributed by atoms with Gasteiger partial charge in [-0.05, 0) is 123 Å². The smallest absolute Gasteiger partial charge is 0.303 e. The molecule has 9 unspecified atom stereocenters. The van der Waals surface area contributed by atoms with Crippen LogP contribution in [0.5, 0.6) is 0 Å². The highest BCUT2D eigenvalue weighted by molar-refractivity contribution is 5.85. The van der Waals surface area contributed by atoms with Crippen LogP contribution in [0.2, 0.25) is 0 Å². The van der Waals surface area contributed by atoms with E-state index in [0.717, 1.165) is 57.8 Å². The third kappa shape index (κ3) is 7.31. The van der Waals surface area contributed by atoms with E-state index in [1.165, 1.54) is 33.3 Å². The third-order valence-corrected chi connectivity index (χ3v) is 16.2. The largest absolute Gasteiger partial charge is 0.463 e. The van der Waals surface area contributed by atoms with E-state index in [-0.39, 0.29) is 34.2 Å². The quantitative estimate of drug-likeness (QED) is 0.152. The molecule has 6 fully saturated rings. The van der Waals surface area contributed by atoms with Gasteiger partial charge in [0, 0.05) is 39.5 Å². The predicted octanol–water partition coefficient (Wildman–Crippen LogP) is 6.70. The summed E-state index contributed by atoms with van der Waals surface area (Å²) in [7, 11) is 0. The number of esters is 4. The number of carbonyl (C=O) groups is 5. The number of carbonyl (C=O) groups excluding carboxylic acids is 5. The molecule has 55 heavy (non-hydrogen) atoms. The number of hydrogen-bond acceptors (Lipinski definition) is 11. The van der Waals surface area contributed by atoms with Crippen LogP contribution >= 0.6 is 0 Å². The summed E-state index contributed by atoms with van der Waals surface area (Å²) in [4.78, 5) is 62.5. The number of allylic oxidation sites excluding steroid dienone is 1. The summed E-state index contributed by atoms with van der Waals surface area (Å²) < 4.78 is 28.8. The van der Waals surface area contributed by atoms with Crippen LogP contribution in [-0.2, 0) is 47.7 Å². The molecule has 5 aliphatic carbocycles. The lowest BCUT2D eigenvalue weighted by Crippen LogP contribution is -2.65. The summed E-state index contributed by atoms with van der Waals surface area (Å²) in [6, 6.07) is 0. The number of hydrogen-bond donors (Lipinski definition) is 1. The molecule has 5 saturated carbocycles. The van der Waals surface area contributed by atoms with Gasteiger partial charge in [-0.15, -0.1) is 0 Å². The second kappa shape index (κ2) is 15.2. The van der Waals surface area contributed by atoms with Crippen LogP contribution in [0.3, 0.4) is 0 Å². The van der Waals surface area contributed by atoms with Gasteiger partial charge < -0.3 is 28.8 Å². The number of fused-ring (bicyclic) bond motifs is 7. The Bertz CT molecular complexity index is 1550. The normalized spacial score (nSPS) is 43.7. The summed E-state index contributed by atoms with van der Waals surface area (Å²) in [6.07, 6.45) is 3.00. The van der Waals surface area contributed by atoms with Crippen LogP contribution < -0.4 is 0 Å². The van der Waals surface area contributed by atoms with Crippen molar-refractivity contribution in [3.63, 3.8) is 0 Å². The number of ketones is 1. The molecule has 0 aromatic rings. The molecular formula is C44H66O11. The SMILES string of the molecule is C=C(C)[C@@H]1CC[C@]2(CC(O)[C@@H]3OC(COC(C)=O)[C@@H](OC(C)=O)C(OC(C)=O)C3OC(C)=O)CCC3C(CCC4[C@@]3(C)CCC3C(C)(C)C(=O)CC[C@@]34C)C12. The first-order valence-corrected chi connectivity index (χ1v) is 20.8. The molecule has 1 N–H and O–H groups in total. The highest BCUT2D eigenvalue weighted by Gasteiger charge is 2.68. The van der Waals surface area contributed by atoms with E-state index < -0.39 is 60.5 Å². The minimum absolute atomic E-state index is 0.124. The van der Waals surface area contributed by atoms with Crippen LogP contribution in [0, 0.1) is 57.2 Å². The van der Waals surface area contributed by atoms with E-state index in [1.54, 1.807) is 0 Å². The van der Waals surface area contributed by atoms with Crippen LogP contribution in [0.15, 0.2) is 12.2 Å². The maximum atomic E-state index is 13.2. The molecule has 6 rings (SSSR count). The fourth-order valence-corrected chi connectivity index (χ4v) is 14.2. The van der Waals surface area contributed by atoms with E-state index in [1.807, 2.05) is 0 Å². The van der Waals surface area contributed by atoms with E-state index in [4.69, 9.17) is 23.7 Å². The van der Waals surface area contributed by atoms with Gasteiger partial charge in [-0.1, -0.05) is 39.8 Å². The molecule has 11 heteroatoms. The average Bonchev–Trinajstić information content (AvgIpc) is 3.46. The molecule has 15 atom stereocenters. The lowest BCUT2D eigenvalue weighted by molar-refractivity contribution is -0.269. The Morgan fingerprint density at radius 1 is 0.764 bits per heavy atom. The molecule has 1 aliphatic heterocycles. The maximum absolute atomic E-state index is 13.2. The van der Waals surface area contributed by atoms with E-state index >= 15 is 0 Å². The lowest BCUT2D eigenvalue weighted by Gasteiger charge is -2.68. The Morgan fingerprint density at radius 2 is 1.38 bits per heavy atom. The van der Waals surface area contributed by atoms with Gasteiger partial charge in [-0.3, -0.25) is 24.0 Å². The lowest BCUT2D eigenvalue weighted by atomic mass is 9.36. The highest BCUT2D eigenvalue weighted by Crippen LogP contribution is 2.74. The maximum Gasteiger partial charge on any atom is 0.303 e. The van der Waals surface area contributed by atoms with Crippen molar-refractivity contribution in [2.24, 2.45) is 57.2 Å². The fraction of sp³-hybridized carbons (Fsp3) is 0.841. The van der Waals surface area contributed by atoms with E-state index in [2.05, 4.69) is 41.2 Å². The Labute approximate surface area is 327 Å². The topological polar surface area (TPSA) is 152 Å². The molecule has 1 saturated heterocycles. The van der Waals surface area contributed by atoms with Gasteiger partial charge in [-0.25, -0.2) is 0 Å². The standard InChI is InChI=1S/C44H66O11/c1-23(2)28-13-19-44(20-14-30-29(36(28)44)11-12-34-42(30,9)17-15-33-41(7,8)35(50)16-18-43(33,34)10)21-31(49)37-39(53-26(5)47)40(54-27(6)48)38(52-25(4)46)32(55-37)22-51-24(3)45/h28-34,36-40,49H,1,11-22H2,2-10H3/t28-,29?,30?,31?,32?,33?,34?,36?,37-,38+,39?,40?,42-,43-,44+/m0/s1. The molecule has 0 radical (unpaired) electrons. The van der Waals surface area contributed by atoms with Gasteiger partial charge in [0.15, 0.2) is 18.3 Å². The Kier molecular flexibility index (Phi) is 11.5. The van der Waals surface area contributed by atoms with Gasteiger partial charge in [0.25, 0.3) is 0 Å². The Morgan fingerprint density at radius 3 is 2.00 bits per heavy atom. The van der Waals surface area contributed by atoms with Crippen molar-refractivity contribution in [3.8, 4) is 0 Å². The molecule has 0 aromatic carbocycles. The first-order chi connectivity index (χ1) is 25.7. The first kappa shape index (κ1) is 41.8. The summed E-state index contributed by atoms with van der Waals surface area (Å²) in [5.74, 6) is 0.250. The van der Waals surface area contributed by atoms with Gasteiger partial charge in [0.05, 0.1) is 6.10 Å². The van der Waals surface area contributed by atoms with Crippen molar-refractivity contribution < 1.29 is 52.8 Å². The van der Waals surface area contributed by atoms with Crippen molar-refractivity contribution in [2.45, 2.75) is 170 Å². The van der Waals surface area contributed by atoms with Crippen LogP contribution in [0.4, 0.5) is 0 Å². The zero-order valence-electron chi connectivity index (χ0n) is 34.7. The second-order valence-corrected chi connectivity index (χ2v) is 19.5. The minimum Gasteiger partial charge on any atom is -0.463 e. The Hall–Kier alpha value is -2.79. The molecule has 308 valence electrons. The highest BCUT2D eigenvalue weighted by atomic mass is 16.7. The summed E-state index contributed by atoms with van der Waals surface area (Å²) in [6.45, 7) is 20.6. The molecule has 0 aromatic heterocycles. The molecule has 11 nitrogen and oxygen atoms in total. The molecule has 0 spiro atoms. The number of aliphatic hydroxyl groups excluding tert-OH is 1.